The summed E-state index contributed by atoms with van der Waals surface area (Å²) in [5.74, 6) is -0.765. The van der Waals surface area contributed by atoms with Gasteiger partial charge in [0, 0.05) is 0 Å². The van der Waals surface area contributed by atoms with Gasteiger partial charge >= 0.3 is 0 Å². The second kappa shape index (κ2) is 8.79. The smallest absolute Gasteiger partial charge is 0.190 e. The summed E-state index contributed by atoms with van der Waals surface area (Å²) < 4.78 is 47.3. The summed E-state index contributed by atoms with van der Waals surface area (Å²) in [4.78, 5) is 0. The van der Waals surface area contributed by atoms with E-state index in [0.717, 1.165) is 31.2 Å². The molecule has 0 aromatic heterocycles. The molecule has 3 rings (SSSR count). The highest BCUT2D eigenvalue weighted by atomic mass is 19.1. The molecule has 0 heterocycles. The lowest BCUT2D eigenvalue weighted by atomic mass is 9.78. The number of hydrogen-bond acceptors (Lipinski definition) is 1. The molecule has 0 radical (unpaired) electrons. The molecule has 0 bridgehead atoms. The highest BCUT2D eigenvalue weighted by molar-refractivity contribution is 5.33. The molecule has 0 spiro atoms. The van der Waals surface area contributed by atoms with Crippen LogP contribution in [0.3, 0.4) is 0 Å². The lowest BCUT2D eigenvalue weighted by Crippen LogP contribution is -2.16. The number of rotatable bonds is 5. The second-order valence-electron chi connectivity index (χ2n) is 7.55. The molecule has 1 fully saturated rings. The Balaban J connectivity index is 1.61. The molecule has 26 heavy (non-hydrogen) atoms. The molecule has 1 atom stereocenters. The first kappa shape index (κ1) is 19.1. The molecular weight excluding hydrogens is 337 g/mol. The minimum Gasteiger partial charge on any atom is -0.487 e. The lowest BCUT2D eigenvalue weighted by Gasteiger charge is -2.27. The van der Waals surface area contributed by atoms with E-state index in [1.54, 1.807) is 0 Å². The maximum absolute atomic E-state index is 14.4. The van der Waals surface area contributed by atoms with Crippen molar-refractivity contribution in [3.8, 4) is 5.75 Å². The molecule has 142 valence electrons. The van der Waals surface area contributed by atoms with Crippen LogP contribution >= 0.6 is 0 Å². The van der Waals surface area contributed by atoms with Crippen LogP contribution in [0.4, 0.5) is 13.2 Å². The number of benzene rings is 1. The highest BCUT2D eigenvalue weighted by Gasteiger charge is 2.24. The van der Waals surface area contributed by atoms with E-state index in [2.05, 4.69) is 12.2 Å². The van der Waals surface area contributed by atoms with Crippen LogP contribution in [-0.4, -0.2) is 6.61 Å². The first-order valence-corrected chi connectivity index (χ1v) is 9.66. The fourth-order valence-electron chi connectivity index (χ4n) is 4.08. The molecule has 4 heteroatoms. The van der Waals surface area contributed by atoms with Crippen LogP contribution < -0.4 is 4.74 Å². The van der Waals surface area contributed by atoms with E-state index in [4.69, 9.17) is 4.74 Å². The van der Waals surface area contributed by atoms with Crippen molar-refractivity contribution < 1.29 is 17.9 Å². The van der Waals surface area contributed by atoms with Crippen LogP contribution in [0.15, 0.2) is 36.2 Å². The van der Waals surface area contributed by atoms with Gasteiger partial charge in [-0.05, 0) is 87.3 Å². The third-order valence-electron chi connectivity index (χ3n) is 5.66. The summed E-state index contributed by atoms with van der Waals surface area (Å²) in [5, 5.41) is 0. The van der Waals surface area contributed by atoms with Gasteiger partial charge in [-0.15, -0.1) is 0 Å². The number of allylic oxidation sites excluding steroid dienone is 4. The van der Waals surface area contributed by atoms with Crippen LogP contribution in [0.1, 0.15) is 63.4 Å². The fraction of sp³-hybridized carbons (Fsp3) is 0.545. The number of ether oxygens (including phenoxy) is 1. The number of halogens is 3. The Hall–Kier alpha value is -1.71. The zero-order valence-electron chi connectivity index (χ0n) is 15.3. The molecular formula is C22H27F3O. The minimum absolute atomic E-state index is 0.105. The van der Waals surface area contributed by atoms with Crippen molar-refractivity contribution in [3.63, 3.8) is 0 Å². The maximum atomic E-state index is 14.4. The fourth-order valence-corrected chi connectivity index (χ4v) is 4.08. The van der Waals surface area contributed by atoms with E-state index >= 15 is 0 Å². The van der Waals surface area contributed by atoms with Gasteiger partial charge in [-0.3, -0.25) is 0 Å². The summed E-state index contributed by atoms with van der Waals surface area (Å²) >= 11 is 0. The number of hydrogen-bond donors (Lipinski definition) is 0. The Kier molecular flexibility index (Phi) is 6.44. The van der Waals surface area contributed by atoms with Gasteiger partial charge in [-0.25, -0.2) is 13.2 Å². The Bertz CT molecular complexity index is 649. The molecule has 0 amide bonds. The van der Waals surface area contributed by atoms with Crippen LogP contribution in [0.2, 0.25) is 0 Å². The summed E-state index contributed by atoms with van der Waals surface area (Å²) in [6, 6.07) is 2.86. The van der Waals surface area contributed by atoms with E-state index in [1.165, 1.54) is 18.2 Å². The molecule has 0 aliphatic heterocycles. The van der Waals surface area contributed by atoms with Gasteiger partial charge in [0.2, 0.25) is 0 Å². The summed E-state index contributed by atoms with van der Waals surface area (Å²) in [5.41, 5.74) is 0.731. The Morgan fingerprint density at radius 3 is 2.31 bits per heavy atom. The van der Waals surface area contributed by atoms with Crippen molar-refractivity contribution in [1.29, 1.82) is 0 Å². The Morgan fingerprint density at radius 1 is 1.04 bits per heavy atom. The molecule has 1 aromatic carbocycles. The zero-order valence-corrected chi connectivity index (χ0v) is 15.3. The van der Waals surface area contributed by atoms with Crippen LogP contribution in [-0.2, 0) is 0 Å². The molecule has 2 aliphatic carbocycles. The van der Waals surface area contributed by atoms with E-state index < -0.39 is 11.6 Å². The van der Waals surface area contributed by atoms with Crippen LogP contribution in [0, 0.1) is 23.5 Å². The molecule has 0 N–H and O–H groups in total. The lowest BCUT2D eigenvalue weighted by molar-refractivity contribution is 0.215. The van der Waals surface area contributed by atoms with Crippen molar-refractivity contribution in [3.05, 3.63) is 53.4 Å². The predicted molar refractivity (Wildman–Crippen MR) is 97.9 cm³/mol. The van der Waals surface area contributed by atoms with Crippen molar-refractivity contribution in [1.82, 2.24) is 0 Å². The monoisotopic (exact) mass is 364 g/mol. The van der Waals surface area contributed by atoms with Gasteiger partial charge in [0.1, 0.15) is 0 Å². The maximum Gasteiger partial charge on any atom is 0.190 e. The molecule has 1 saturated carbocycles. The summed E-state index contributed by atoms with van der Waals surface area (Å²) in [6.45, 7) is 2.24. The zero-order chi connectivity index (χ0) is 18.5. The average molecular weight is 364 g/mol. The van der Waals surface area contributed by atoms with Gasteiger partial charge < -0.3 is 4.74 Å². The van der Waals surface area contributed by atoms with Crippen molar-refractivity contribution in [2.24, 2.45) is 11.8 Å². The predicted octanol–water partition coefficient (Wildman–Crippen LogP) is 6.85. The van der Waals surface area contributed by atoms with E-state index in [1.807, 2.05) is 6.92 Å². The van der Waals surface area contributed by atoms with Gasteiger partial charge in [-0.2, -0.15) is 0 Å². The summed E-state index contributed by atoms with van der Waals surface area (Å²) in [7, 11) is 0. The van der Waals surface area contributed by atoms with Crippen molar-refractivity contribution in [2.45, 2.75) is 57.8 Å². The van der Waals surface area contributed by atoms with Gasteiger partial charge in [0.15, 0.2) is 17.4 Å². The van der Waals surface area contributed by atoms with Gasteiger partial charge in [0.05, 0.1) is 12.4 Å². The largest absolute Gasteiger partial charge is 0.487 e. The molecule has 1 aromatic rings. The van der Waals surface area contributed by atoms with Crippen molar-refractivity contribution >= 4 is 0 Å². The van der Waals surface area contributed by atoms with E-state index in [-0.39, 0.29) is 30.0 Å². The second-order valence-corrected chi connectivity index (χ2v) is 7.55. The topological polar surface area (TPSA) is 9.23 Å². The third-order valence-corrected chi connectivity index (χ3v) is 5.66. The minimum atomic E-state index is -0.631. The van der Waals surface area contributed by atoms with E-state index in [9.17, 15) is 13.2 Å². The molecule has 0 saturated heterocycles. The van der Waals surface area contributed by atoms with Gasteiger partial charge in [0.25, 0.3) is 0 Å². The Labute approximate surface area is 153 Å². The molecule has 2 aliphatic rings. The molecule has 1 unspecified atom stereocenters. The summed E-state index contributed by atoms with van der Waals surface area (Å²) in [6.07, 6.45) is 11.5. The van der Waals surface area contributed by atoms with E-state index in [0.29, 0.717) is 25.2 Å². The molecule has 1 nitrogen and oxygen atoms in total. The standard InChI is InChI=1S/C22H27F3O/c1-2-3-15-4-8-17(9-5-15)18-12-20(24)22(21(25)13-18)26-14-16-6-10-19(23)11-7-16/h2-3,10,12-13,15-17H,4-9,11,14H2,1H3/b3-2+/t15-,16?,17-. The van der Waals surface area contributed by atoms with Gasteiger partial charge in [-0.1, -0.05) is 18.2 Å². The first-order valence-electron chi connectivity index (χ1n) is 9.66. The SMILES string of the molecule is C/C=C/[C@H]1CC[C@H](c2cc(F)c(OCC3CC=C(F)CC3)c(F)c2)CC1. The van der Waals surface area contributed by atoms with Crippen LogP contribution in [0.5, 0.6) is 5.75 Å². The quantitative estimate of drug-likeness (QED) is 0.519. The normalized spacial score (nSPS) is 26.8. The van der Waals surface area contributed by atoms with Crippen molar-refractivity contribution in [2.75, 3.05) is 6.61 Å². The average Bonchev–Trinajstić information content (AvgIpc) is 2.63. The third kappa shape index (κ3) is 4.72. The van der Waals surface area contributed by atoms with Crippen LogP contribution in [0.25, 0.3) is 0 Å². The Morgan fingerprint density at radius 2 is 1.73 bits per heavy atom. The first-order chi connectivity index (χ1) is 12.6. The highest BCUT2D eigenvalue weighted by Crippen LogP contribution is 2.38.